The summed E-state index contributed by atoms with van der Waals surface area (Å²) in [5, 5.41) is 0. The first-order chi connectivity index (χ1) is 11.5. The van der Waals surface area contributed by atoms with E-state index in [2.05, 4.69) is 0 Å². The van der Waals surface area contributed by atoms with Crippen LogP contribution in [0.25, 0.3) is 17.4 Å². The van der Waals surface area contributed by atoms with E-state index in [1.807, 2.05) is 0 Å². The number of hydrogen-bond acceptors (Lipinski definition) is 3. The van der Waals surface area contributed by atoms with Gasteiger partial charge in [0, 0.05) is 19.2 Å². The molecule has 24 heavy (non-hydrogen) atoms. The Labute approximate surface area is 138 Å². The number of carbonyl (C=O) groups excluding carboxylic acids is 2. The van der Waals surface area contributed by atoms with Crippen molar-refractivity contribution in [2.45, 2.75) is 6.42 Å². The van der Waals surface area contributed by atoms with E-state index in [1.54, 1.807) is 35.2 Å². The second-order valence-electron chi connectivity index (χ2n) is 5.69. The molecule has 0 unspecified atom stereocenters. The second-order valence-corrected chi connectivity index (χ2v) is 5.69. The van der Waals surface area contributed by atoms with Crippen LogP contribution in [0.15, 0.2) is 46.9 Å². The summed E-state index contributed by atoms with van der Waals surface area (Å²) >= 11 is 0. The van der Waals surface area contributed by atoms with E-state index in [0.717, 1.165) is 0 Å². The number of benzene rings is 1. The van der Waals surface area contributed by atoms with Crippen LogP contribution in [0.4, 0.5) is 4.39 Å². The van der Waals surface area contributed by atoms with Crippen molar-refractivity contribution < 1.29 is 18.4 Å². The van der Waals surface area contributed by atoms with Crippen molar-refractivity contribution in [1.82, 2.24) is 4.90 Å². The largest absolute Gasteiger partial charge is 0.457 e. The van der Waals surface area contributed by atoms with E-state index in [1.165, 1.54) is 18.2 Å². The quantitative estimate of drug-likeness (QED) is 0.876. The molecular weight excluding hydrogens is 311 g/mol. The Bertz CT molecular complexity index is 797. The lowest BCUT2D eigenvalue weighted by atomic mass is 10.1. The number of likely N-dealkylation sites (tertiary alicyclic amines) is 1. The average molecular weight is 328 g/mol. The highest BCUT2D eigenvalue weighted by Crippen LogP contribution is 2.25. The molecule has 1 aliphatic heterocycles. The van der Waals surface area contributed by atoms with Gasteiger partial charge >= 0.3 is 0 Å². The van der Waals surface area contributed by atoms with Crippen LogP contribution in [0, 0.1) is 11.7 Å². The summed E-state index contributed by atoms with van der Waals surface area (Å²) < 4.78 is 19.3. The highest BCUT2D eigenvalue weighted by molar-refractivity contribution is 5.92. The molecule has 0 spiro atoms. The molecule has 1 atom stereocenters. The third kappa shape index (κ3) is 3.37. The zero-order valence-corrected chi connectivity index (χ0v) is 12.9. The highest BCUT2D eigenvalue weighted by Gasteiger charge is 2.28. The molecule has 2 amide bonds. The van der Waals surface area contributed by atoms with Crippen molar-refractivity contribution in [2.75, 3.05) is 13.1 Å². The van der Waals surface area contributed by atoms with E-state index in [4.69, 9.17) is 10.2 Å². The van der Waals surface area contributed by atoms with Gasteiger partial charge in [-0.05, 0) is 36.8 Å². The van der Waals surface area contributed by atoms with Gasteiger partial charge in [0.25, 0.3) is 0 Å². The van der Waals surface area contributed by atoms with Crippen molar-refractivity contribution in [3.05, 3.63) is 54.1 Å². The molecule has 1 fully saturated rings. The Hall–Kier alpha value is -2.89. The third-order valence-corrected chi connectivity index (χ3v) is 4.06. The van der Waals surface area contributed by atoms with Gasteiger partial charge < -0.3 is 15.1 Å². The van der Waals surface area contributed by atoms with Crippen molar-refractivity contribution in [2.24, 2.45) is 11.7 Å². The van der Waals surface area contributed by atoms with Gasteiger partial charge in [-0.15, -0.1) is 0 Å². The lowest BCUT2D eigenvalue weighted by Crippen LogP contribution is -2.30. The fraction of sp³-hybridized carbons (Fsp3) is 0.222. The molecule has 0 radical (unpaired) electrons. The van der Waals surface area contributed by atoms with Gasteiger partial charge in [-0.1, -0.05) is 12.1 Å². The topological polar surface area (TPSA) is 76.5 Å². The molecule has 1 saturated heterocycles. The van der Waals surface area contributed by atoms with Crippen LogP contribution < -0.4 is 5.73 Å². The smallest absolute Gasteiger partial charge is 0.246 e. The maximum atomic E-state index is 13.7. The van der Waals surface area contributed by atoms with Crippen LogP contribution in [0.1, 0.15) is 12.2 Å². The SMILES string of the molecule is NC(=O)[C@@H]1CCN(C(=O)/C=C\c2ccc(-c3ccccc3F)o2)C1. The molecular formula is C18H17FN2O3. The van der Waals surface area contributed by atoms with Crippen LogP contribution in [-0.4, -0.2) is 29.8 Å². The van der Waals surface area contributed by atoms with E-state index in [9.17, 15) is 14.0 Å². The van der Waals surface area contributed by atoms with Crippen molar-refractivity contribution in [3.63, 3.8) is 0 Å². The minimum Gasteiger partial charge on any atom is -0.457 e. The first-order valence-corrected chi connectivity index (χ1v) is 7.65. The number of hydrogen-bond donors (Lipinski definition) is 1. The Morgan fingerprint density at radius 1 is 1.25 bits per heavy atom. The molecule has 124 valence electrons. The van der Waals surface area contributed by atoms with Gasteiger partial charge in [-0.25, -0.2) is 4.39 Å². The molecule has 2 N–H and O–H groups in total. The molecule has 3 rings (SSSR count). The monoisotopic (exact) mass is 328 g/mol. The predicted octanol–water partition coefficient (Wildman–Crippen LogP) is 2.43. The molecule has 1 aromatic heterocycles. The van der Waals surface area contributed by atoms with Crippen LogP contribution in [0.3, 0.4) is 0 Å². The molecule has 2 heterocycles. The van der Waals surface area contributed by atoms with Gasteiger partial charge in [0.1, 0.15) is 17.3 Å². The van der Waals surface area contributed by atoms with Gasteiger partial charge in [0.05, 0.1) is 11.5 Å². The average Bonchev–Trinajstić information content (AvgIpc) is 3.22. The molecule has 1 aromatic carbocycles. The minimum absolute atomic E-state index is 0.206. The number of halogens is 1. The summed E-state index contributed by atoms with van der Waals surface area (Å²) in [5.74, 6) is -0.383. The van der Waals surface area contributed by atoms with Crippen molar-refractivity contribution >= 4 is 17.9 Å². The summed E-state index contributed by atoms with van der Waals surface area (Å²) in [6.45, 7) is 0.854. The summed E-state index contributed by atoms with van der Waals surface area (Å²) in [4.78, 5) is 24.8. The normalized spacial score (nSPS) is 17.5. The first kappa shape index (κ1) is 16.0. The Morgan fingerprint density at radius 2 is 2.04 bits per heavy atom. The highest BCUT2D eigenvalue weighted by atomic mass is 19.1. The van der Waals surface area contributed by atoms with Crippen LogP contribution in [0.2, 0.25) is 0 Å². The van der Waals surface area contributed by atoms with E-state index < -0.39 is 0 Å². The van der Waals surface area contributed by atoms with Gasteiger partial charge in [-0.2, -0.15) is 0 Å². The number of nitrogens with two attached hydrogens (primary N) is 1. The zero-order valence-electron chi connectivity index (χ0n) is 12.9. The number of amides is 2. The van der Waals surface area contributed by atoms with E-state index in [-0.39, 0.29) is 23.5 Å². The molecule has 0 saturated carbocycles. The number of primary amides is 1. The molecule has 0 aliphatic carbocycles. The summed E-state index contributed by atoms with van der Waals surface area (Å²) in [6, 6.07) is 9.64. The Kier molecular flexibility index (Phi) is 4.46. The molecule has 2 aromatic rings. The number of rotatable bonds is 4. The molecule has 5 nitrogen and oxygen atoms in total. The Balaban J connectivity index is 1.67. The van der Waals surface area contributed by atoms with Gasteiger partial charge in [0.2, 0.25) is 11.8 Å². The first-order valence-electron chi connectivity index (χ1n) is 7.65. The second kappa shape index (κ2) is 6.70. The summed E-state index contributed by atoms with van der Waals surface area (Å²) in [6.07, 6.45) is 3.50. The summed E-state index contributed by atoms with van der Waals surface area (Å²) in [7, 11) is 0. The lowest BCUT2D eigenvalue weighted by Gasteiger charge is -2.12. The van der Waals surface area contributed by atoms with Gasteiger partial charge in [0.15, 0.2) is 0 Å². The van der Waals surface area contributed by atoms with Gasteiger partial charge in [-0.3, -0.25) is 9.59 Å². The molecule has 1 aliphatic rings. The maximum Gasteiger partial charge on any atom is 0.246 e. The number of nitrogens with zero attached hydrogens (tertiary/aromatic N) is 1. The van der Waals surface area contributed by atoms with Crippen molar-refractivity contribution in [1.29, 1.82) is 0 Å². The summed E-state index contributed by atoms with van der Waals surface area (Å²) in [5.41, 5.74) is 5.62. The molecule has 0 bridgehead atoms. The van der Waals surface area contributed by atoms with Crippen molar-refractivity contribution in [3.8, 4) is 11.3 Å². The fourth-order valence-electron chi connectivity index (χ4n) is 2.70. The maximum absolute atomic E-state index is 13.7. The zero-order chi connectivity index (χ0) is 17.1. The number of carbonyl (C=O) groups is 2. The minimum atomic E-state index is -0.380. The standard InChI is InChI=1S/C18H17FN2O3/c19-15-4-2-1-3-14(15)16-7-5-13(24-16)6-8-17(22)21-10-9-12(11-21)18(20)23/h1-8,12H,9-11H2,(H2,20,23)/b8-6-/t12-/m1/s1. The van der Waals surface area contributed by atoms with E-state index in [0.29, 0.717) is 36.6 Å². The van der Waals surface area contributed by atoms with Crippen LogP contribution in [-0.2, 0) is 9.59 Å². The number of furan rings is 1. The predicted molar refractivity (Wildman–Crippen MR) is 87.0 cm³/mol. The fourth-order valence-corrected chi connectivity index (χ4v) is 2.70. The third-order valence-electron chi connectivity index (χ3n) is 4.06. The van der Waals surface area contributed by atoms with Crippen LogP contribution in [0.5, 0.6) is 0 Å². The van der Waals surface area contributed by atoms with Crippen LogP contribution >= 0.6 is 0 Å². The molecule has 6 heteroatoms. The Morgan fingerprint density at radius 3 is 2.75 bits per heavy atom. The lowest BCUT2D eigenvalue weighted by molar-refractivity contribution is -0.125. The van der Waals surface area contributed by atoms with E-state index >= 15 is 0 Å².